The zero-order chi connectivity index (χ0) is 17.4. The first-order chi connectivity index (χ1) is 11.6. The normalized spacial score (nSPS) is 13.1. The van der Waals surface area contributed by atoms with Crippen LogP contribution in [0, 0.1) is 0 Å². The number of likely N-dealkylation sites (N-methyl/N-ethyl adjacent to an activating group) is 1. The topological polar surface area (TPSA) is 44.6 Å². The Labute approximate surface area is 149 Å². The molecule has 0 bridgehead atoms. The molecule has 5 nitrogen and oxygen atoms in total. The molecule has 130 valence electrons. The number of rotatable bonds is 7. The van der Waals surface area contributed by atoms with Gasteiger partial charge in [0.15, 0.2) is 5.96 Å². The quantitative estimate of drug-likeness (QED) is 0.597. The number of nitrogens with one attached hydrogen (secondary N) is 2. The number of benzene rings is 1. The van der Waals surface area contributed by atoms with Crippen molar-refractivity contribution in [1.29, 1.82) is 0 Å². The van der Waals surface area contributed by atoms with E-state index in [-0.39, 0.29) is 6.04 Å². The van der Waals surface area contributed by atoms with E-state index in [1.165, 1.54) is 5.56 Å². The molecule has 1 aromatic carbocycles. The average Bonchev–Trinajstić information content (AvgIpc) is 3.08. The van der Waals surface area contributed by atoms with Crippen LogP contribution in [0.15, 0.2) is 53.8 Å². The molecule has 0 saturated carbocycles. The Kier molecular flexibility index (Phi) is 7.15. The van der Waals surface area contributed by atoms with Gasteiger partial charge in [-0.15, -0.1) is 0 Å². The molecule has 0 aliphatic carbocycles. The first-order valence-corrected chi connectivity index (χ1v) is 8.45. The first-order valence-electron chi connectivity index (χ1n) is 8.07. The Balaban J connectivity index is 1.86. The van der Waals surface area contributed by atoms with Crippen molar-refractivity contribution < 1.29 is 0 Å². The number of hydrogen-bond donors (Lipinski definition) is 2. The SMILES string of the molecule is CN=C(NCCn1cccc1)NCC(c1ccc(Cl)cc1)N(C)C. The van der Waals surface area contributed by atoms with Crippen LogP contribution in [0.1, 0.15) is 11.6 Å². The van der Waals surface area contributed by atoms with Crippen LogP contribution < -0.4 is 10.6 Å². The number of aromatic nitrogens is 1. The minimum atomic E-state index is 0.241. The second-order valence-electron chi connectivity index (χ2n) is 5.83. The van der Waals surface area contributed by atoms with Crippen molar-refractivity contribution in [3.8, 4) is 0 Å². The summed E-state index contributed by atoms with van der Waals surface area (Å²) in [5, 5.41) is 7.50. The molecule has 2 aromatic rings. The highest BCUT2D eigenvalue weighted by Crippen LogP contribution is 2.19. The summed E-state index contributed by atoms with van der Waals surface area (Å²) in [6.07, 6.45) is 4.11. The molecule has 2 rings (SSSR count). The Morgan fingerprint density at radius 1 is 1.17 bits per heavy atom. The second kappa shape index (κ2) is 9.35. The van der Waals surface area contributed by atoms with Gasteiger partial charge in [-0.25, -0.2) is 0 Å². The van der Waals surface area contributed by atoms with Gasteiger partial charge in [0.25, 0.3) is 0 Å². The molecule has 24 heavy (non-hydrogen) atoms. The summed E-state index contributed by atoms with van der Waals surface area (Å²) in [6, 6.07) is 12.3. The van der Waals surface area contributed by atoms with Gasteiger partial charge in [0, 0.05) is 44.1 Å². The molecule has 0 radical (unpaired) electrons. The molecule has 0 spiro atoms. The van der Waals surface area contributed by atoms with E-state index in [1.807, 2.05) is 24.3 Å². The van der Waals surface area contributed by atoms with Gasteiger partial charge in [-0.3, -0.25) is 4.99 Å². The lowest BCUT2D eigenvalue weighted by molar-refractivity contribution is 0.298. The fraction of sp³-hybridized carbons (Fsp3) is 0.389. The fourth-order valence-corrected chi connectivity index (χ4v) is 2.65. The molecule has 0 saturated heterocycles. The highest BCUT2D eigenvalue weighted by Gasteiger charge is 2.14. The Bertz CT molecular complexity index is 619. The maximum atomic E-state index is 5.99. The van der Waals surface area contributed by atoms with Crippen molar-refractivity contribution in [2.75, 3.05) is 34.2 Å². The molecule has 1 heterocycles. The summed E-state index contributed by atoms with van der Waals surface area (Å²) in [4.78, 5) is 6.48. The molecule has 2 N–H and O–H groups in total. The third kappa shape index (κ3) is 5.58. The van der Waals surface area contributed by atoms with Crippen molar-refractivity contribution in [2.45, 2.75) is 12.6 Å². The number of halogens is 1. The standard InChI is InChI=1S/C18H26ClN5/c1-20-18(21-10-13-24-11-4-5-12-24)22-14-17(23(2)3)15-6-8-16(19)9-7-15/h4-9,11-12,17H,10,13-14H2,1-3H3,(H2,20,21,22). The summed E-state index contributed by atoms with van der Waals surface area (Å²) in [6.45, 7) is 2.49. The summed E-state index contributed by atoms with van der Waals surface area (Å²) in [5.41, 5.74) is 1.22. The third-order valence-electron chi connectivity index (χ3n) is 3.89. The molecule has 0 aliphatic rings. The van der Waals surface area contributed by atoms with E-state index in [9.17, 15) is 0 Å². The van der Waals surface area contributed by atoms with Crippen molar-refractivity contribution in [2.24, 2.45) is 4.99 Å². The van der Waals surface area contributed by atoms with Crippen LogP contribution in [0.5, 0.6) is 0 Å². The Hall–Kier alpha value is -1.98. The lowest BCUT2D eigenvalue weighted by atomic mass is 10.1. The minimum Gasteiger partial charge on any atom is -0.355 e. The first kappa shape index (κ1) is 18.4. The lowest BCUT2D eigenvalue weighted by Gasteiger charge is -2.26. The van der Waals surface area contributed by atoms with Gasteiger partial charge in [0.1, 0.15) is 0 Å². The largest absolute Gasteiger partial charge is 0.355 e. The van der Waals surface area contributed by atoms with E-state index < -0.39 is 0 Å². The monoisotopic (exact) mass is 347 g/mol. The van der Waals surface area contributed by atoms with E-state index in [0.29, 0.717) is 0 Å². The third-order valence-corrected chi connectivity index (χ3v) is 4.15. The van der Waals surface area contributed by atoms with E-state index in [0.717, 1.165) is 30.6 Å². The van der Waals surface area contributed by atoms with E-state index in [4.69, 9.17) is 11.6 Å². The van der Waals surface area contributed by atoms with Crippen molar-refractivity contribution in [3.63, 3.8) is 0 Å². The number of hydrogen-bond acceptors (Lipinski definition) is 2. The highest BCUT2D eigenvalue weighted by atomic mass is 35.5. The van der Waals surface area contributed by atoms with Gasteiger partial charge in [0.2, 0.25) is 0 Å². The molecule has 1 aromatic heterocycles. The van der Waals surface area contributed by atoms with Gasteiger partial charge in [-0.1, -0.05) is 23.7 Å². The summed E-state index contributed by atoms with van der Waals surface area (Å²) < 4.78 is 2.14. The Morgan fingerprint density at radius 2 is 1.83 bits per heavy atom. The number of nitrogens with zero attached hydrogens (tertiary/aromatic N) is 3. The maximum absolute atomic E-state index is 5.99. The van der Waals surface area contributed by atoms with Gasteiger partial charge in [-0.05, 0) is 43.9 Å². The molecule has 6 heteroatoms. The van der Waals surface area contributed by atoms with Gasteiger partial charge < -0.3 is 20.1 Å². The Morgan fingerprint density at radius 3 is 2.42 bits per heavy atom. The molecule has 0 amide bonds. The van der Waals surface area contributed by atoms with Crippen LogP contribution in [0.4, 0.5) is 0 Å². The van der Waals surface area contributed by atoms with Crippen LogP contribution in [0.3, 0.4) is 0 Å². The van der Waals surface area contributed by atoms with Crippen LogP contribution in [-0.4, -0.2) is 49.7 Å². The molecule has 0 aliphatic heterocycles. The maximum Gasteiger partial charge on any atom is 0.191 e. The van der Waals surface area contributed by atoms with Crippen LogP contribution >= 0.6 is 11.6 Å². The van der Waals surface area contributed by atoms with E-state index in [2.05, 4.69) is 63.7 Å². The average molecular weight is 348 g/mol. The van der Waals surface area contributed by atoms with Gasteiger partial charge in [-0.2, -0.15) is 0 Å². The summed E-state index contributed by atoms with van der Waals surface area (Å²) in [5.74, 6) is 0.808. The van der Waals surface area contributed by atoms with E-state index in [1.54, 1.807) is 7.05 Å². The predicted molar refractivity (Wildman–Crippen MR) is 102 cm³/mol. The lowest BCUT2D eigenvalue weighted by Crippen LogP contribution is -2.42. The van der Waals surface area contributed by atoms with Crippen molar-refractivity contribution in [1.82, 2.24) is 20.1 Å². The summed E-state index contributed by atoms with van der Waals surface area (Å²) in [7, 11) is 5.93. The zero-order valence-corrected chi connectivity index (χ0v) is 15.3. The van der Waals surface area contributed by atoms with E-state index >= 15 is 0 Å². The second-order valence-corrected chi connectivity index (χ2v) is 6.27. The van der Waals surface area contributed by atoms with Crippen LogP contribution in [0.2, 0.25) is 5.02 Å². The minimum absolute atomic E-state index is 0.241. The fourth-order valence-electron chi connectivity index (χ4n) is 2.52. The molecular weight excluding hydrogens is 322 g/mol. The van der Waals surface area contributed by atoms with Gasteiger partial charge >= 0.3 is 0 Å². The molecule has 1 unspecified atom stereocenters. The van der Waals surface area contributed by atoms with Crippen LogP contribution in [-0.2, 0) is 6.54 Å². The van der Waals surface area contributed by atoms with Crippen molar-refractivity contribution >= 4 is 17.6 Å². The molecule has 1 atom stereocenters. The molecule has 0 fully saturated rings. The number of aliphatic imine (C=N–C) groups is 1. The zero-order valence-electron chi connectivity index (χ0n) is 14.5. The summed E-state index contributed by atoms with van der Waals surface area (Å²) >= 11 is 5.99. The number of guanidine groups is 1. The van der Waals surface area contributed by atoms with Crippen molar-refractivity contribution in [3.05, 3.63) is 59.4 Å². The highest BCUT2D eigenvalue weighted by molar-refractivity contribution is 6.30. The van der Waals surface area contributed by atoms with Gasteiger partial charge in [0.05, 0.1) is 6.04 Å². The smallest absolute Gasteiger partial charge is 0.191 e. The van der Waals surface area contributed by atoms with Crippen LogP contribution in [0.25, 0.3) is 0 Å². The predicted octanol–water partition coefficient (Wildman–Crippen LogP) is 2.61. The molecular formula is C18H26ClN5.